The predicted octanol–water partition coefficient (Wildman–Crippen LogP) is 4.12. The number of nitrogens with zero attached hydrogens (tertiary/aromatic N) is 4. The number of anilines is 1. The lowest BCUT2D eigenvalue weighted by Crippen LogP contribution is -2.12. The fourth-order valence-corrected chi connectivity index (χ4v) is 4.44. The third-order valence-corrected chi connectivity index (χ3v) is 5.79. The summed E-state index contributed by atoms with van der Waals surface area (Å²) in [5, 5.41) is 10.9. The molecule has 2 bridgehead atoms. The number of fused-ring (bicyclic) bond motifs is 2. The van der Waals surface area contributed by atoms with Crippen molar-refractivity contribution in [3.05, 3.63) is 53.8 Å². The van der Waals surface area contributed by atoms with Crippen molar-refractivity contribution in [3.63, 3.8) is 0 Å². The summed E-state index contributed by atoms with van der Waals surface area (Å²) in [6.45, 7) is 1.84. The number of ether oxygens (including phenoxy) is 1. The summed E-state index contributed by atoms with van der Waals surface area (Å²) in [4.78, 5) is 20.8. The molecule has 0 saturated heterocycles. The van der Waals surface area contributed by atoms with Gasteiger partial charge in [0.15, 0.2) is 0 Å². The standard InChI is InChI=1S/C21H21N5O3/c1-12-10-22-11-18(23-12)28-16-6-4-14(5-7-16)19(27)24-21-26-25-20(29-21)17-9-13-2-3-15(17)8-13/h4-7,10-11,13,15,17H,2-3,8-9H2,1H3,(H,24,26,27). The van der Waals surface area contributed by atoms with Crippen LogP contribution < -0.4 is 10.1 Å². The number of aryl methyl sites for hydroxylation is 1. The van der Waals surface area contributed by atoms with Crippen LogP contribution in [0.15, 0.2) is 41.1 Å². The maximum absolute atomic E-state index is 12.5. The van der Waals surface area contributed by atoms with Gasteiger partial charge in [0.2, 0.25) is 11.8 Å². The molecule has 0 spiro atoms. The topological polar surface area (TPSA) is 103 Å². The molecular formula is C21H21N5O3. The second kappa shape index (κ2) is 7.27. The molecule has 1 aromatic carbocycles. The van der Waals surface area contributed by atoms with E-state index in [1.807, 2.05) is 6.92 Å². The van der Waals surface area contributed by atoms with Crippen LogP contribution in [0.5, 0.6) is 11.6 Å². The van der Waals surface area contributed by atoms with Crippen molar-refractivity contribution in [1.29, 1.82) is 0 Å². The van der Waals surface area contributed by atoms with Gasteiger partial charge >= 0.3 is 6.01 Å². The highest BCUT2D eigenvalue weighted by molar-refractivity contribution is 6.03. The first-order valence-electron chi connectivity index (χ1n) is 9.85. The van der Waals surface area contributed by atoms with E-state index < -0.39 is 0 Å². The van der Waals surface area contributed by atoms with Crippen LogP contribution in [0.2, 0.25) is 0 Å². The number of benzene rings is 1. The van der Waals surface area contributed by atoms with Gasteiger partial charge in [-0.15, -0.1) is 5.10 Å². The Morgan fingerprint density at radius 1 is 1.14 bits per heavy atom. The van der Waals surface area contributed by atoms with Gasteiger partial charge < -0.3 is 9.15 Å². The Labute approximate surface area is 167 Å². The molecule has 2 aromatic heterocycles. The molecule has 3 unspecified atom stereocenters. The summed E-state index contributed by atoms with van der Waals surface area (Å²) in [5.74, 6) is 3.09. The van der Waals surface area contributed by atoms with E-state index in [0.717, 1.165) is 18.0 Å². The molecule has 148 valence electrons. The molecule has 5 rings (SSSR count). The number of amides is 1. The fraction of sp³-hybridized carbons (Fsp3) is 0.381. The van der Waals surface area contributed by atoms with Gasteiger partial charge in [0.1, 0.15) is 5.75 Å². The molecule has 1 N–H and O–H groups in total. The molecule has 0 aliphatic heterocycles. The van der Waals surface area contributed by atoms with Gasteiger partial charge in [0.25, 0.3) is 5.91 Å². The molecule has 1 amide bonds. The van der Waals surface area contributed by atoms with Crippen LogP contribution in [0.1, 0.15) is 53.5 Å². The largest absolute Gasteiger partial charge is 0.437 e. The third kappa shape index (κ3) is 3.70. The van der Waals surface area contributed by atoms with Gasteiger partial charge in [-0.25, -0.2) is 4.98 Å². The molecule has 8 heteroatoms. The van der Waals surface area contributed by atoms with Gasteiger partial charge in [-0.3, -0.25) is 15.1 Å². The number of hydrogen-bond acceptors (Lipinski definition) is 7. The first-order chi connectivity index (χ1) is 14.1. The smallest absolute Gasteiger partial charge is 0.322 e. The fourth-order valence-electron chi connectivity index (χ4n) is 4.44. The van der Waals surface area contributed by atoms with E-state index in [0.29, 0.717) is 34.9 Å². The molecule has 2 fully saturated rings. The molecular weight excluding hydrogens is 370 g/mol. The Hall–Kier alpha value is -3.29. The summed E-state index contributed by atoms with van der Waals surface area (Å²) in [6.07, 6.45) is 8.12. The van der Waals surface area contributed by atoms with Crippen LogP contribution >= 0.6 is 0 Å². The molecule has 8 nitrogen and oxygen atoms in total. The third-order valence-electron chi connectivity index (χ3n) is 5.79. The minimum absolute atomic E-state index is 0.142. The number of nitrogens with one attached hydrogen (secondary N) is 1. The number of carbonyl (C=O) groups excluding carboxylic acids is 1. The lowest BCUT2D eigenvalue weighted by atomic mass is 9.89. The van der Waals surface area contributed by atoms with Crippen LogP contribution in [0.25, 0.3) is 0 Å². The molecule has 2 aliphatic carbocycles. The van der Waals surface area contributed by atoms with E-state index in [4.69, 9.17) is 9.15 Å². The Morgan fingerprint density at radius 3 is 2.72 bits per heavy atom. The van der Waals surface area contributed by atoms with Crippen molar-refractivity contribution in [2.45, 2.75) is 38.5 Å². The van der Waals surface area contributed by atoms with Gasteiger partial charge in [-0.1, -0.05) is 11.5 Å². The van der Waals surface area contributed by atoms with E-state index in [9.17, 15) is 4.79 Å². The highest BCUT2D eigenvalue weighted by Gasteiger charge is 2.42. The molecule has 2 saturated carbocycles. The number of hydrogen-bond donors (Lipinski definition) is 1. The Balaban J connectivity index is 1.22. The summed E-state index contributed by atoms with van der Waals surface area (Å²) >= 11 is 0. The summed E-state index contributed by atoms with van der Waals surface area (Å²) in [5.41, 5.74) is 1.23. The zero-order valence-corrected chi connectivity index (χ0v) is 16.0. The normalized spacial score (nSPS) is 22.6. The Morgan fingerprint density at radius 2 is 2.00 bits per heavy atom. The van der Waals surface area contributed by atoms with Crippen LogP contribution in [0.3, 0.4) is 0 Å². The first kappa shape index (κ1) is 17.8. The summed E-state index contributed by atoms with van der Waals surface area (Å²) in [6, 6.07) is 6.88. The molecule has 0 radical (unpaired) electrons. The van der Waals surface area contributed by atoms with Crippen LogP contribution in [-0.2, 0) is 0 Å². The number of carbonyl (C=O) groups is 1. The summed E-state index contributed by atoms with van der Waals surface area (Å²) < 4.78 is 11.4. The maximum atomic E-state index is 12.5. The second-order valence-electron chi connectivity index (χ2n) is 7.81. The first-order valence-corrected chi connectivity index (χ1v) is 9.85. The second-order valence-corrected chi connectivity index (χ2v) is 7.81. The van der Waals surface area contributed by atoms with Crippen molar-refractivity contribution in [3.8, 4) is 11.6 Å². The van der Waals surface area contributed by atoms with Crippen LogP contribution in [0.4, 0.5) is 6.01 Å². The maximum Gasteiger partial charge on any atom is 0.322 e. The van der Waals surface area contributed by atoms with Crippen molar-refractivity contribution in [2.24, 2.45) is 11.8 Å². The van der Waals surface area contributed by atoms with E-state index >= 15 is 0 Å². The lowest BCUT2D eigenvalue weighted by Gasteiger charge is -2.17. The molecule has 3 atom stereocenters. The average Bonchev–Trinajstić information content (AvgIpc) is 3.45. The highest BCUT2D eigenvalue weighted by atomic mass is 16.5. The zero-order valence-electron chi connectivity index (χ0n) is 16.0. The predicted molar refractivity (Wildman–Crippen MR) is 104 cm³/mol. The minimum Gasteiger partial charge on any atom is -0.437 e. The van der Waals surface area contributed by atoms with Gasteiger partial charge in [0, 0.05) is 17.7 Å². The average molecular weight is 391 g/mol. The van der Waals surface area contributed by atoms with Gasteiger partial charge in [0.05, 0.1) is 11.9 Å². The Kier molecular flexibility index (Phi) is 4.46. The molecule has 29 heavy (non-hydrogen) atoms. The van der Waals surface area contributed by atoms with Gasteiger partial charge in [-0.05, 0) is 62.3 Å². The highest BCUT2D eigenvalue weighted by Crippen LogP contribution is 2.52. The van der Waals surface area contributed by atoms with Gasteiger partial charge in [-0.2, -0.15) is 0 Å². The van der Waals surface area contributed by atoms with E-state index in [-0.39, 0.29) is 11.9 Å². The van der Waals surface area contributed by atoms with Crippen LogP contribution in [0, 0.1) is 18.8 Å². The number of aromatic nitrogens is 4. The van der Waals surface area contributed by atoms with Crippen LogP contribution in [-0.4, -0.2) is 26.1 Å². The van der Waals surface area contributed by atoms with E-state index in [2.05, 4.69) is 25.5 Å². The zero-order chi connectivity index (χ0) is 19.8. The molecule has 3 aromatic rings. The van der Waals surface area contributed by atoms with E-state index in [1.165, 1.54) is 25.5 Å². The Bertz CT molecular complexity index is 1030. The number of rotatable bonds is 5. The lowest BCUT2D eigenvalue weighted by molar-refractivity contribution is 0.102. The van der Waals surface area contributed by atoms with Crippen molar-refractivity contribution in [1.82, 2.24) is 20.2 Å². The van der Waals surface area contributed by atoms with Crippen molar-refractivity contribution in [2.75, 3.05) is 5.32 Å². The minimum atomic E-state index is -0.310. The summed E-state index contributed by atoms with van der Waals surface area (Å²) in [7, 11) is 0. The molecule has 2 aliphatic rings. The monoisotopic (exact) mass is 391 g/mol. The SMILES string of the molecule is Cc1cncc(Oc2ccc(C(=O)Nc3nnc(C4CC5CCC4C5)o3)cc2)n1. The van der Waals surface area contributed by atoms with Crippen molar-refractivity contribution >= 4 is 11.9 Å². The van der Waals surface area contributed by atoms with Crippen molar-refractivity contribution < 1.29 is 13.9 Å². The quantitative estimate of drug-likeness (QED) is 0.698. The molecule has 2 heterocycles. The van der Waals surface area contributed by atoms with E-state index in [1.54, 1.807) is 30.5 Å².